The highest BCUT2D eigenvalue weighted by Crippen LogP contribution is 2.15. The van der Waals surface area contributed by atoms with Crippen LogP contribution < -0.4 is 5.32 Å². The van der Waals surface area contributed by atoms with Crippen LogP contribution in [0.4, 0.5) is 0 Å². The van der Waals surface area contributed by atoms with E-state index in [1.165, 1.54) is 16.7 Å². The summed E-state index contributed by atoms with van der Waals surface area (Å²) >= 11 is 3.58. The van der Waals surface area contributed by atoms with Crippen LogP contribution in [0.25, 0.3) is 0 Å². The predicted octanol–water partition coefficient (Wildman–Crippen LogP) is 3.98. The minimum absolute atomic E-state index is 0.854. The molecule has 0 saturated carbocycles. The maximum Gasteiger partial charge on any atom is 0.0949 e. The molecule has 4 heteroatoms. The summed E-state index contributed by atoms with van der Waals surface area (Å²) in [7, 11) is 0. The average Bonchev–Trinajstić information content (AvgIpc) is 3.03. The lowest BCUT2D eigenvalue weighted by Gasteiger charge is -2.09. The van der Waals surface area contributed by atoms with Gasteiger partial charge in [0.2, 0.25) is 0 Å². The van der Waals surface area contributed by atoms with Crippen molar-refractivity contribution in [3.05, 3.63) is 88.4 Å². The first kappa shape index (κ1) is 15.0. The summed E-state index contributed by atoms with van der Waals surface area (Å²) in [6, 6.07) is 17.0. The molecule has 2 aromatic carbocycles. The molecule has 0 spiro atoms. The van der Waals surface area contributed by atoms with Gasteiger partial charge in [-0.15, -0.1) is 0 Å². The Kier molecular flexibility index (Phi) is 5.03. The minimum Gasteiger partial charge on any atom is -0.333 e. The summed E-state index contributed by atoms with van der Waals surface area (Å²) in [5, 5.41) is 3.50. The number of aromatic nitrogens is 2. The monoisotopic (exact) mass is 355 g/mol. The Labute approximate surface area is 139 Å². The van der Waals surface area contributed by atoms with Crippen molar-refractivity contribution in [2.75, 3.05) is 0 Å². The van der Waals surface area contributed by atoms with Crippen molar-refractivity contribution in [3.63, 3.8) is 0 Å². The van der Waals surface area contributed by atoms with E-state index in [0.29, 0.717) is 0 Å². The zero-order valence-corrected chi connectivity index (χ0v) is 13.8. The van der Waals surface area contributed by atoms with Crippen LogP contribution in [0, 0.1) is 0 Å². The lowest BCUT2D eigenvalue weighted by Crippen LogP contribution is -2.13. The van der Waals surface area contributed by atoms with E-state index in [1.807, 2.05) is 24.8 Å². The summed E-state index contributed by atoms with van der Waals surface area (Å²) in [5.74, 6) is 0. The molecule has 0 fully saturated rings. The van der Waals surface area contributed by atoms with E-state index in [0.717, 1.165) is 24.1 Å². The van der Waals surface area contributed by atoms with Crippen LogP contribution in [-0.2, 0) is 19.6 Å². The van der Waals surface area contributed by atoms with Crippen LogP contribution in [-0.4, -0.2) is 9.55 Å². The van der Waals surface area contributed by atoms with Crippen LogP contribution in [0.3, 0.4) is 0 Å². The summed E-state index contributed by atoms with van der Waals surface area (Å²) < 4.78 is 3.23. The molecule has 0 radical (unpaired) electrons. The summed E-state index contributed by atoms with van der Waals surface area (Å²) in [6.45, 7) is 2.57. The van der Waals surface area contributed by atoms with Gasteiger partial charge in [0, 0.05) is 36.5 Å². The standard InChI is InChI=1S/C18H18BrN3/c19-18-7-2-1-6-17(18)12-21-11-15-4-3-5-16(10-15)13-22-9-8-20-14-22/h1-10,14,21H,11-13H2. The highest BCUT2D eigenvalue weighted by atomic mass is 79.9. The molecule has 22 heavy (non-hydrogen) atoms. The largest absolute Gasteiger partial charge is 0.333 e. The topological polar surface area (TPSA) is 29.9 Å². The van der Waals surface area contributed by atoms with E-state index >= 15 is 0 Å². The number of nitrogens with one attached hydrogen (secondary N) is 1. The Morgan fingerprint density at radius 3 is 2.68 bits per heavy atom. The van der Waals surface area contributed by atoms with Crippen LogP contribution >= 0.6 is 15.9 Å². The molecule has 1 aromatic heterocycles. The fourth-order valence-corrected chi connectivity index (χ4v) is 2.84. The molecule has 0 aliphatic rings. The summed E-state index contributed by atoms with van der Waals surface area (Å²) in [6.07, 6.45) is 5.64. The predicted molar refractivity (Wildman–Crippen MR) is 92.5 cm³/mol. The van der Waals surface area contributed by atoms with Crippen molar-refractivity contribution in [1.29, 1.82) is 0 Å². The number of rotatable bonds is 6. The van der Waals surface area contributed by atoms with Crippen molar-refractivity contribution in [1.82, 2.24) is 14.9 Å². The Morgan fingerprint density at radius 2 is 1.86 bits per heavy atom. The van der Waals surface area contributed by atoms with Gasteiger partial charge in [0.05, 0.1) is 6.33 Å². The molecule has 1 heterocycles. The molecule has 0 aliphatic heterocycles. The van der Waals surface area contributed by atoms with Crippen molar-refractivity contribution < 1.29 is 0 Å². The third-order valence-corrected chi connectivity index (χ3v) is 4.29. The SMILES string of the molecule is Brc1ccccc1CNCc1cccc(Cn2ccnc2)c1. The number of halogens is 1. The molecule has 0 aliphatic carbocycles. The molecule has 3 rings (SSSR count). The molecule has 0 amide bonds. The van der Waals surface area contributed by atoms with Gasteiger partial charge in [-0.05, 0) is 22.8 Å². The Hall–Kier alpha value is -1.91. The van der Waals surface area contributed by atoms with E-state index < -0.39 is 0 Å². The highest BCUT2D eigenvalue weighted by Gasteiger charge is 2.00. The second kappa shape index (κ2) is 7.38. The quantitative estimate of drug-likeness (QED) is 0.724. The number of benzene rings is 2. The van der Waals surface area contributed by atoms with E-state index in [4.69, 9.17) is 0 Å². The smallest absolute Gasteiger partial charge is 0.0949 e. The van der Waals surface area contributed by atoms with Crippen LogP contribution in [0.5, 0.6) is 0 Å². The second-order valence-corrected chi connectivity index (χ2v) is 6.10. The van der Waals surface area contributed by atoms with Gasteiger partial charge in [0.15, 0.2) is 0 Å². The fourth-order valence-electron chi connectivity index (χ4n) is 2.41. The lowest BCUT2D eigenvalue weighted by molar-refractivity contribution is 0.689. The molecular formula is C18H18BrN3. The third-order valence-electron chi connectivity index (χ3n) is 3.52. The van der Waals surface area contributed by atoms with E-state index in [-0.39, 0.29) is 0 Å². The maximum absolute atomic E-state index is 4.08. The Balaban J connectivity index is 1.58. The van der Waals surface area contributed by atoms with Crippen LogP contribution in [0.1, 0.15) is 16.7 Å². The zero-order chi connectivity index (χ0) is 15.2. The average molecular weight is 356 g/mol. The summed E-state index contributed by atoms with van der Waals surface area (Å²) in [5.41, 5.74) is 3.86. The van der Waals surface area contributed by atoms with Gasteiger partial charge >= 0.3 is 0 Å². The zero-order valence-electron chi connectivity index (χ0n) is 12.2. The van der Waals surface area contributed by atoms with Crippen molar-refractivity contribution in [2.24, 2.45) is 0 Å². The lowest BCUT2D eigenvalue weighted by atomic mass is 10.1. The number of nitrogens with zero attached hydrogens (tertiary/aromatic N) is 2. The molecule has 0 unspecified atom stereocenters. The molecule has 3 nitrogen and oxygen atoms in total. The first-order valence-corrected chi connectivity index (χ1v) is 8.08. The molecule has 112 valence electrons. The Bertz CT molecular complexity index is 723. The molecule has 0 atom stereocenters. The Morgan fingerprint density at radius 1 is 1.00 bits per heavy atom. The van der Waals surface area contributed by atoms with Crippen molar-refractivity contribution >= 4 is 15.9 Å². The molecular weight excluding hydrogens is 338 g/mol. The first-order chi connectivity index (χ1) is 10.8. The normalized spacial score (nSPS) is 10.8. The number of imidazole rings is 1. The van der Waals surface area contributed by atoms with Crippen LogP contribution in [0.2, 0.25) is 0 Å². The van der Waals surface area contributed by atoms with Gasteiger partial charge in [-0.25, -0.2) is 4.98 Å². The molecule has 0 bridgehead atoms. The van der Waals surface area contributed by atoms with Gasteiger partial charge in [0.25, 0.3) is 0 Å². The number of hydrogen-bond acceptors (Lipinski definition) is 2. The van der Waals surface area contributed by atoms with E-state index in [1.54, 1.807) is 0 Å². The van der Waals surface area contributed by atoms with Crippen LogP contribution in [0.15, 0.2) is 71.7 Å². The van der Waals surface area contributed by atoms with Gasteiger partial charge in [0.1, 0.15) is 0 Å². The maximum atomic E-state index is 4.08. The van der Waals surface area contributed by atoms with Gasteiger partial charge in [-0.1, -0.05) is 58.4 Å². The van der Waals surface area contributed by atoms with Gasteiger partial charge in [-0.3, -0.25) is 0 Å². The molecule has 0 saturated heterocycles. The summed E-state index contributed by atoms with van der Waals surface area (Å²) in [4.78, 5) is 4.08. The first-order valence-electron chi connectivity index (χ1n) is 7.29. The molecule has 3 aromatic rings. The van der Waals surface area contributed by atoms with E-state index in [2.05, 4.69) is 73.3 Å². The van der Waals surface area contributed by atoms with Gasteiger partial charge < -0.3 is 9.88 Å². The third kappa shape index (κ3) is 4.06. The van der Waals surface area contributed by atoms with Gasteiger partial charge in [-0.2, -0.15) is 0 Å². The number of hydrogen-bond donors (Lipinski definition) is 1. The highest BCUT2D eigenvalue weighted by molar-refractivity contribution is 9.10. The molecule has 1 N–H and O–H groups in total. The van der Waals surface area contributed by atoms with E-state index in [9.17, 15) is 0 Å². The van der Waals surface area contributed by atoms with Crippen molar-refractivity contribution in [3.8, 4) is 0 Å². The minimum atomic E-state index is 0.854. The fraction of sp³-hybridized carbons (Fsp3) is 0.167. The van der Waals surface area contributed by atoms with Crippen molar-refractivity contribution in [2.45, 2.75) is 19.6 Å². The second-order valence-electron chi connectivity index (χ2n) is 5.25.